The van der Waals surface area contributed by atoms with Crippen molar-refractivity contribution in [2.45, 2.75) is 32.4 Å². The number of alkyl halides is 3. The molecule has 9 heteroatoms. The Morgan fingerprint density at radius 1 is 1.19 bits per heavy atom. The molecule has 0 aliphatic rings. The van der Waals surface area contributed by atoms with Crippen LogP contribution in [0, 0.1) is 0 Å². The molecule has 114 valence electrons. The molecule has 2 rings (SSSR count). The summed E-state index contributed by atoms with van der Waals surface area (Å²) in [7, 11) is 0. The molecule has 0 fully saturated rings. The summed E-state index contributed by atoms with van der Waals surface area (Å²) < 4.78 is 38.8. The van der Waals surface area contributed by atoms with Crippen LogP contribution in [0.15, 0.2) is 18.3 Å². The summed E-state index contributed by atoms with van der Waals surface area (Å²) in [6.07, 6.45) is -3.31. The van der Waals surface area contributed by atoms with Crippen LogP contribution in [-0.4, -0.2) is 19.7 Å². The van der Waals surface area contributed by atoms with Gasteiger partial charge in [0.2, 0.25) is 0 Å². The van der Waals surface area contributed by atoms with E-state index in [2.05, 4.69) is 20.5 Å². The highest BCUT2D eigenvalue weighted by Crippen LogP contribution is 2.28. The first-order valence-electron chi connectivity index (χ1n) is 6.10. The Kier molecular flexibility index (Phi) is 3.62. The third kappa shape index (κ3) is 3.30. The van der Waals surface area contributed by atoms with E-state index >= 15 is 0 Å². The van der Waals surface area contributed by atoms with E-state index in [0.717, 1.165) is 10.7 Å². The van der Waals surface area contributed by atoms with Crippen LogP contribution in [0.1, 0.15) is 32.3 Å². The van der Waals surface area contributed by atoms with E-state index < -0.39 is 11.9 Å². The van der Waals surface area contributed by atoms with E-state index in [0.29, 0.717) is 11.6 Å². The highest BCUT2D eigenvalue weighted by molar-refractivity contribution is 5.41. The number of nitrogens with one attached hydrogen (secondary N) is 1. The Bertz CT molecular complexity index is 641. The van der Waals surface area contributed by atoms with Crippen LogP contribution in [0.5, 0.6) is 0 Å². The van der Waals surface area contributed by atoms with Crippen molar-refractivity contribution in [2.75, 3.05) is 5.43 Å². The molecule has 2 aromatic heterocycles. The predicted molar refractivity (Wildman–Crippen MR) is 70.7 cm³/mol. The fourth-order valence-corrected chi connectivity index (χ4v) is 1.56. The predicted octanol–water partition coefficient (Wildman–Crippen LogP) is 2.26. The normalized spacial score (nSPS) is 12.5. The SMILES string of the molecule is CC(C)(C)c1nc(NN)cc(-n2ccc(C(F)(F)F)n2)n1. The van der Waals surface area contributed by atoms with Gasteiger partial charge in [0, 0.05) is 17.7 Å². The minimum atomic E-state index is -4.50. The average Bonchev–Trinajstić information content (AvgIpc) is 2.86. The van der Waals surface area contributed by atoms with Gasteiger partial charge < -0.3 is 5.43 Å². The molecule has 6 nitrogen and oxygen atoms in total. The first kappa shape index (κ1) is 15.2. The van der Waals surface area contributed by atoms with Crippen LogP contribution < -0.4 is 11.3 Å². The lowest BCUT2D eigenvalue weighted by atomic mass is 9.96. The first-order valence-corrected chi connectivity index (χ1v) is 6.10. The van der Waals surface area contributed by atoms with E-state index in [4.69, 9.17) is 5.84 Å². The van der Waals surface area contributed by atoms with E-state index in [9.17, 15) is 13.2 Å². The van der Waals surface area contributed by atoms with Crippen molar-refractivity contribution in [1.82, 2.24) is 19.7 Å². The zero-order valence-electron chi connectivity index (χ0n) is 11.7. The molecular weight excluding hydrogens is 285 g/mol. The maximum atomic E-state index is 12.6. The third-order valence-corrected chi connectivity index (χ3v) is 2.65. The van der Waals surface area contributed by atoms with E-state index in [1.165, 1.54) is 12.3 Å². The van der Waals surface area contributed by atoms with Gasteiger partial charge in [-0.05, 0) is 6.07 Å². The van der Waals surface area contributed by atoms with Crippen molar-refractivity contribution in [3.05, 3.63) is 29.8 Å². The van der Waals surface area contributed by atoms with Gasteiger partial charge in [-0.25, -0.2) is 20.5 Å². The monoisotopic (exact) mass is 300 g/mol. The van der Waals surface area contributed by atoms with Gasteiger partial charge in [0.15, 0.2) is 11.5 Å². The lowest BCUT2D eigenvalue weighted by Crippen LogP contribution is -2.20. The molecule has 0 aliphatic heterocycles. The smallest absolute Gasteiger partial charge is 0.308 e. The molecule has 0 spiro atoms. The first-order chi connectivity index (χ1) is 9.61. The van der Waals surface area contributed by atoms with Crippen molar-refractivity contribution < 1.29 is 13.2 Å². The lowest BCUT2D eigenvalue weighted by molar-refractivity contribution is -0.141. The third-order valence-electron chi connectivity index (χ3n) is 2.65. The number of hydrazine groups is 1. The average molecular weight is 300 g/mol. The van der Waals surface area contributed by atoms with Gasteiger partial charge in [-0.1, -0.05) is 20.8 Å². The van der Waals surface area contributed by atoms with Gasteiger partial charge in [-0.2, -0.15) is 18.3 Å². The maximum absolute atomic E-state index is 12.6. The molecule has 2 heterocycles. The maximum Gasteiger partial charge on any atom is 0.435 e. The number of aromatic nitrogens is 4. The molecule has 3 N–H and O–H groups in total. The van der Waals surface area contributed by atoms with Gasteiger partial charge in [0.25, 0.3) is 0 Å². The summed E-state index contributed by atoms with van der Waals surface area (Å²) in [4.78, 5) is 8.44. The van der Waals surface area contributed by atoms with Crippen LogP contribution in [0.2, 0.25) is 0 Å². The number of hydrogen-bond donors (Lipinski definition) is 2. The van der Waals surface area contributed by atoms with E-state index in [1.807, 2.05) is 20.8 Å². The van der Waals surface area contributed by atoms with Crippen LogP contribution in [0.4, 0.5) is 19.0 Å². The quantitative estimate of drug-likeness (QED) is 0.657. The van der Waals surface area contributed by atoms with Crippen LogP contribution in [0.3, 0.4) is 0 Å². The molecule has 0 saturated heterocycles. The van der Waals surface area contributed by atoms with E-state index in [1.54, 1.807) is 0 Å². The molecule has 2 aromatic rings. The topological polar surface area (TPSA) is 81.6 Å². The van der Waals surface area contributed by atoms with Gasteiger partial charge >= 0.3 is 6.18 Å². The molecule has 0 unspecified atom stereocenters. The van der Waals surface area contributed by atoms with Gasteiger partial charge in [0.05, 0.1) is 0 Å². The van der Waals surface area contributed by atoms with Crippen molar-refractivity contribution in [2.24, 2.45) is 5.84 Å². The molecule has 0 aliphatic carbocycles. The molecule has 0 saturated carbocycles. The minimum absolute atomic E-state index is 0.207. The van der Waals surface area contributed by atoms with Crippen LogP contribution >= 0.6 is 0 Å². The summed E-state index contributed by atoms with van der Waals surface area (Å²) in [6.45, 7) is 5.66. The molecule has 0 aromatic carbocycles. The van der Waals surface area contributed by atoms with Crippen LogP contribution in [0.25, 0.3) is 5.82 Å². The van der Waals surface area contributed by atoms with Gasteiger partial charge in [-0.3, -0.25) is 0 Å². The number of nitrogen functional groups attached to an aromatic ring is 1. The number of halogens is 3. The summed E-state index contributed by atoms with van der Waals surface area (Å²) >= 11 is 0. The van der Waals surface area contributed by atoms with Gasteiger partial charge in [-0.15, -0.1) is 0 Å². The molecule has 0 atom stereocenters. The Hall–Kier alpha value is -2.16. The number of rotatable bonds is 2. The highest BCUT2D eigenvalue weighted by atomic mass is 19.4. The van der Waals surface area contributed by atoms with Gasteiger partial charge in [0.1, 0.15) is 11.6 Å². The fourth-order valence-electron chi connectivity index (χ4n) is 1.56. The zero-order chi connectivity index (χ0) is 15.8. The largest absolute Gasteiger partial charge is 0.435 e. The number of nitrogens with zero attached hydrogens (tertiary/aromatic N) is 4. The summed E-state index contributed by atoms with van der Waals surface area (Å²) in [5.74, 6) is 6.28. The molecular formula is C12H15F3N6. The fraction of sp³-hybridized carbons (Fsp3) is 0.417. The van der Waals surface area contributed by atoms with Crippen molar-refractivity contribution in [3.8, 4) is 5.82 Å². The number of anilines is 1. The van der Waals surface area contributed by atoms with Crippen molar-refractivity contribution in [3.63, 3.8) is 0 Å². The Morgan fingerprint density at radius 3 is 2.33 bits per heavy atom. The zero-order valence-corrected chi connectivity index (χ0v) is 11.7. The standard InChI is InChI=1S/C12H15F3N6/c1-11(2,3)10-17-8(19-16)6-9(18-10)21-5-4-7(20-21)12(13,14)15/h4-6H,16H2,1-3H3,(H,17,18,19). The second kappa shape index (κ2) is 4.99. The Morgan fingerprint density at radius 2 is 1.86 bits per heavy atom. The molecule has 0 bridgehead atoms. The van der Waals surface area contributed by atoms with Crippen LogP contribution in [-0.2, 0) is 11.6 Å². The highest BCUT2D eigenvalue weighted by Gasteiger charge is 2.33. The Labute approximate surface area is 119 Å². The lowest BCUT2D eigenvalue weighted by Gasteiger charge is -2.18. The van der Waals surface area contributed by atoms with Crippen molar-refractivity contribution >= 4 is 5.82 Å². The number of hydrogen-bond acceptors (Lipinski definition) is 5. The second-order valence-electron chi connectivity index (χ2n) is 5.47. The minimum Gasteiger partial charge on any atom is -0.308 e. The van der Waals surface area contributed by atoms with Crippen molar-refractivity contribution in [1.29, 1.82) is 0 Å². The summed E-state index contributed by atoms with van der Waals surface area (Å²) in [5, 5.41) is 3.48. The second-order valence-corrected chi connectivity index (χ2v) is 5.47. The number of nitrogens with two attached hydrogens (primary N) is 1. The summed E-state index contributed by atoms with van der Waals surface area (Å²) in [5.41, 5.74) is 0.999. The molecule has 0 amide bonds. The molecule has 0 radical (unpaired) electrons. The summed E-state index contributed by atoms with van der Waals surface area (Å²) in [6, 6.07) is 2.30. The van der Waals surface area contributed by atoms with E-state index in [-0.39, 0.29) is 11.2 Å². The Balaban J connectivity index is 2.51. The molecule has 21 heavy (non-hydrogen) atoms.